The van der Waals surface area contributed by atoms with Crippen molar-refractivity contribution < 1.29 is 4.79 Å². The molecule has 2 aromatic rings. The molecule has 1 aromatic heterocycles. The first-order chi connectivity index (χ1) is 9.56. The van der Waals surface area contributed by atoms with Crippen molar-refractivity contribution in [3.05, 3.63) is 40.9 Å². The highest BCUT2D eigenvalue weighted by molar-refractivity contribution is 9.10. The predicted octanol–water partition coefficient (Wildman–Crippen LogP) is 1.87. The highest BCUT2D eigenvalue weighted by Gasteiger charge is 2.12. The third-order valence-corrected chi connectivity index (χ3v) is 3.36. The van der Waals surface area contributed by atoms with Crippen molar-refractivity contribution in [2.24, 2.45) is 7.05 Å². The van der Waals surface area contributed by atoms with E-state index in [4.69, 9.17) is 0 Å². The first-order valence-electron chi connectivity index (χ1n) is 6.19. The highest BCUT2D eigenvalue weighted by atomic mass is 79.9. The minimum Gasteiger partial charge on any atom is -0.325 e. The van der Waals surface area contributed by atoms with E-state index in [-0.39, 0.29) is 18.5 Å². The molecule has 0 radical (unpaired) electrons. The predicted molar refractivity (Wildman–Crippen MR) is 80.2 cm³/mol. The summed E-state index contributed by atoms with van der Waals surface area (Å²) < 4.78 is 2.80. The van der Waals surface area contributed by atoms with E-state index in [2.05, 4.69) is 36.8 Å². The molecule has 0 saturated heterocycles. The van der Waals surface area contributed by atoms with Gasteiger partial charge in [-0.3, -0.25) is 10.1 Å². The number of nitrogens with one attached hydrogen (secondary N) is 2. The van der Waals surface area contributed by atoms with Crippen molar-refractivity contribution in [1.82, 2.24) is 20.1 Å². The minimum absolute atomic E-state index is 0.0434. The maximum Gasteiger partial charge on any atom is 0.238 e. The van der Waals surface area contributed by atoms with Gasteiger partial charge in [0.2, 0.25) is 5.91 Å². The van der Waals surface area contributed by atoms with Crippen LogP contribution in [0.4, 0.5) is 5.69 Å². The van der Waals surface area contributed by atoms with Gasteiger partial charge in [-0.15, -0.1) is 10.2 Å². The topological polar surface area (TPSA) is 71.8 Å². The third kappa shape index (κ3) is 3.88. The summed E-state index contributed by atoms with van der Waals surface area (Å²) in [6.07, 6.45) is 1.63. The Hall–Kier alpha value is -1.73. The molecule has 0 aliphatic heterocycles. The van der Waals surface area contributed by atoms with Gasteiger partial charge in [0.15, 0.2) is 0 Å². The number of benzene rings is 1. The molecule has 2 N–H and O–H groups in total. The van der Waals surface area contributed by atoms with Gasteiger partial charge < -0.3 is 9.88 Å². The van der Waals surface area contributed by atoms with Crippen LogP contribution >= 0.6 is 15.9 Å². The molecule has 20 heavy (non-hydrogen) atoms. The fourth-order valence-electron chi connectivity index (χ4n) is 1.76. The molecule has 1 heterocycles. The Kier molecular flexibility index (Phi) is 4.86. The molecule has 6 nitrogen and oxygen atoms in total. The summed E-state index contributed by atoms with van der Waals surface area (Å²) in [6.45, 7) is 2.15. The van der Waals surface area contributed by atoms with E-state index in [1.807, 2.05) is 42.8 Å². The average molecular weight is 338 g/mol. The number of hydrogen-bond donors (Lipinski definition) is 2. The van der Waals surface area contributed by atoms with Crippen LogP contribution in [-0.4, -0.2) is 27.2 Å². The maximum absolute atomic E-state index is 11.8. The molecule has 2 rings (SSSR count). The van der Waals surface area contributed by atoms with Crippen LogP contribution in [0.25, 0.3) is 0 Å². The van der Waals surface area contributed by atoms with E-state index in [9.17, 15) is 4.79 Å². The van der Waals surface area contributed by atoms with Crippen molar-refractivity contribution in [1.29, 1.82) is 0 Å². The van der Waals surface area contributed by atoms with Crippen LogP contribution in [0.15, 0.2) is 35.1 Å². The molecule has 1 atom stereocenters. The lowest BCUT2D eigenvalue weighted by Gasteiger charge is -2.12. The molecule has 1 amide bonds. The van der Waals surface area contributed by atoms with E-state index in [0.717, 1.165) is 16.0 Å². The number of amides is 1. The van der Waals surface area contributed by atoms with Gasteiger partial charge in [0.05, 0.1) is 12.6 Å². The highest BCUT2D eigenvalue weighted by Crippen LogP contribution is 2.14. The van der Waals surface area contributed by atoms with Crippen LogP contribution in [0.3, 0.4) is 0 Å². The summed E-state index contributed by atoms with van der Waals surface area (Å²) in [7, 11) is 1.87. The Morgan fingerprint density at radius 2 is 2.10 bits per heavy atom. The van der Waals surface area contributed by atoms with Crippen molar-refractivity contribution in [2.75, 3.05) is 11.9 Å². The van der Waals surface area contributed by atoms with Crippen molar-refractivity contribution >= 4 is 27.5 Å². The summed E-state index contributed by atoms with van der Waals surface area (Å²) in [6, 6.07) is 7.40. The Balaban J connectivity index is 1.83. The normalized spacial score (nSPS) is 12.2. The summed E-state index contributed by atoms with van der Waals surface area (Å²) in [5.41, 5.74) is 0.770. The fraction of sp³-hybridized carbons (Fsp3) is 0.308. The van der Waals surface area contributed by atoms with Gasteiger partial charge in [0.1, 0.15) is 12.2 Å². The number of rotatable bonds is 5. The van der Waals surface area contributed by atoms with Crippen LogP contribution < -0.4 is 10.6 Å². The van der Waals surface area contributed by atoms with E-state index in [1.54, 1.807) is 6.33 Å². The number of halogens is 1. The first-order valence-corrected chi connectivity index (χ1v) is 6.98. The lowest BCUT2D eigenvalue weighted by molar-refractivity contribution is -0.115. The number of carbonyl (C=O) groups excluding carboxylic acids is 1. The lowest BCUT2D eigenvalue weighted by atomic mass is 10.3. The third-order valence-electron chi connectivity index (χ3n) is 2.83. The van der Waals surface area contributed by atoms with E-state index in [1.165, 1.54) is 0 Å². The first kappa shape index (κ1) is 14.7. The molecule has 0 bridgehead atoms. The fourth-order valence-corrected chi connectivity index (χ4v) is 2.02. The Morgan fingerprint density at radius 1 is 1.40 bits per heavy atom. The number of hydrogen-bond acceptors (Lipinski definition) is 4. The molecular weight excluding hydrogens is 322 g/mol. The second-order valence-corrected chi connectivity index (χ2v) is 5.37. The van der Waals surface area contributed by atoms with Gasteiger partial charge in [-0.1, -0.05) is 15.9 Å². The molecule has 106 valence electrons. The van der Waals surface area contributed by atoms with Crippen LogP contribution in [-0.2, 0) is 11.8 Å². The van der Waals surface area contributed by atoms with Crippen molar-refractivity contribution in [2.45, 2.75) is 13.0 Å². The van der Waals surface area contributed by atoms with Gasteiger partial charge in [0.25, 0.3) is 0 Å². The summed E-state index contributed by atoms with van der Waals surface area (Å²) >= 11 is 3.35. The average Bonchev–Trinajstić information content (AvgIpc) is 2.85. The second kappa shape index (κ2) is 6.62. The monoisotopic (exact) mass is 337 g/mol. The van der Waals surface area contributed by atoms with E-state index >= 15 is 0 Å². The van der Waals surface area contributed by atoms with Gasteiger partial charge in [-0.25, -0.2) is 0 Å². The van der Waals surface area contributed by atoms with Crippen LogP contribution in [0.1, 0.15) is 18.8 Å². The summed E-state index contributed by atoms with van der Waals surface area (Å²) in [5.74, 6) is 0.697. The number of anilines is 1. The molecule has 1 aromatic carbocycles. The Morgan fingerprint density at radius 3 is 2.70 bits per heavy atom. The Bertz CT molecular complexity index is 581. The summed E-state index contributed by atoms with van der Waals surface area (Å²) in [4.78, 5) is 11.8. The molecule has 0 aliphatic carbocycles. The van der Waals surface area contributed by atoms with Crippen LogP contribution in [0.5, 0.6) is 0 Å². The van der Waals surface area contributed by atoms with Crippen molar-refractivity contribution in [3.8, 4) is 0 Å². The smallest absolute Gasteiger partial charge is 0.238 e. The molecule has 0 spiro atoms. The minimum atomic E-state index is -0.0960. The van der Waals surface area contributed by atoms with Gasteiger partial charge in [-0.05, 0) is 31.2 Å². The van der Waals surface area contributed by atoms with Gasteiger partial charge in [-0.2, -0.15) is 0 Å². The van der Waals surface area contributed by atoms with E-state index in [0.29, 0.717) is 0 Å². The summed E-state index contributed by atoms with van der Waals surface area (Å²) in [5, 5.41) is 13.7. The zero-order valence-corrected chi connectivity index (χ0v) is 12.9. The maximum atomic E-state index is 11.8. The standard InChI is InChI=1S/C13H16BrN5O/c1-9(13-18-16-8-19(13)2)15-7-12(20)17-11-5-3-10(14)4-6-11/h3-6,8-9,15H,7H2,1-2H3,(H,17,20). The van der Waals surface area contributed by atoms with E-state index < -0.39 is 0 Å². The van der Waals surface area contributed by atoms with Crippen LogP contribution in [0, 0.1) is 0 Å². The van der Waals surface area contributed by atoms with Crippen molar-refractivity contribution in [3.63, 3.8) is 0 Å². The lowest BCUT2D eigenvalue weighted by Crippen LogP contribution is -2.31. The second-order valence-electron chi connectivity index (χ2n) is 4.46. The Labute approximate surface area is 125 Å². The quantitative estimate of drug-likeness (QED) is 0.873. The molecule has 0 saturated carbocycles. The number of nitrogens with zero attached hydrogens (tertiary/aromatic N) is 3. The zero-order valence-electron chi connectivity index (χ0n) is 11.3. The SMILES string of the molecule is CC(NCC(=O)Nc1ccc(Br)cc1)c1nncn1C. The molecular formula is C13H16BrN5O. The zero-order chi connectivity index (χ0) is 14.5. The number of aryl methyl sites for hydroxylation is 1. The molecule has 0 aliphatic rings. The number of aromatic nitrogens is 3. The number of carbonyl (C=O) groups is 1. The largest absolute Gasteiger partial charge is 0.325 e. The molecule has 0 fully saturated rings. The van der Waals surface area contributed by atoms with Crippen LogP contribution in [0.2, 0.25) is 0 Å². The van der Waals surface area contributed by atoms with Gasteiger partial charge >= 0.3 is 0 Å². The van der Waals surface area contributed by atoms with Gasteiger partial charge in [0, 0.05) is 17.2 Å². The molecule has 7 heteroatoms. The molecule has 1 unspecified atom stereocenters.